The summed E-state index contributed by atoms with van der Waals surface area (Å²) in [5, 5.41) is 3.01. The van der Waals surface area contributed by atoms with E-state index >= 15 is 0 Å². The van der Waals surface area contributed by atoms with Crippen LogP contribution in [-0.4, -0.2) is 26.5 Å². The molecule has 2 rings (SSSR count). The molecule has 1 aliphatic rings. The fourth-order valence-corrected chi connectivity index (χ4v) is 3.80. The molecule has 0 saturated heterocycles. The molecular weight excluding hydrogens is 282 g/mol. The monoisotopic (exact) mass is 309 g/mol. The number of rotatable bonds is 6. The summed E-state index contributed by atoms with van der Waals surface area (Å²) < 4.78 is 23.9. The van der Waals surface area contributed by atoms with Gasteiger partial charge in [-0.05, 0) is 62.3 Å². The van der Waals surface area contributed by atoms with Crippen LogP contribution < -0.4 is 5.32 Å². The molecule has 0 radical (unpaired) electrons. The van der Waals surface area contributed by atoms with Crippen molar-refractivity contribution < 1.29 is 8.42 Å². The second-order valence-electron chi connectivity index (χ2n) is 6.20. The van der Waals surface area contributed by atoms with Gasteiger partial charge in [-0.15, -0.1) is 0 Å². The molecule has 2 unspecified atom stereocenters. The zero-order valence-corrected chi connectivity index (χ0v) is 14.2. The van der Waals surface area contributed by atoms with Crippen LogP contribution in [0.3, 0.4) is 0 Å². The van der Waals surface area contributed by atoms with Crippen molar-refractivity contribution in [1.82, 2.24) is 5.32 Å². The van der Waals surface area contributed by atoms with Crippen LogP contribution in [0, 0.1) is 0 Å². The Morgan fingerprint density at radius 1 is 1.19 bits per heavy atom. The average Bonchev–Trinajstić information content (AvgIpc) is 2.46. The molecule has 21 heavy (non-hydrogen) atoms. The normalized spacial score (nSPS) is 18.0. The predicted molar refractivity (Wildman–Crippen MR) is 88.4 cm³/mol. The minimum atomic E-state index is -3.06. The molecule has 0 aliphatic heterocycles. The Hall–Kier alpha value is -0.870. The molecule has 1 N–H and O–H groups in total. The Labute approximate surface area is 129 Å². The first-order valence-corrected chi connectivity index (χ1v) is 9.93. The Morgan fingerprint density at radius 2 is 1.86 bits per heavy atom. The van der Waals surface area contributed by atoms with Crippen molar-refractivity contribution in [2.45, 2.75) is 57.2 Å². The van der Waals surface area contributed by atoms with E-state index in [1.165, 1.54) is 30.2 Å². The third-order valence-corrected chi connectivity index (χ3v) is 6.11. The van der Waals surface area contributed by atoms with Gasteiger partial charge in [0.05, 0.1) is 5.25 Å². The summed E-state index contributed by atoms with van der Waals surface area (Å²) in [7, 11) is -3.06. The molecule has 0 heterocycles. The number of hydrogen-bond acceptors (Lipinski definition) is 3. The summed E-state index contributed by atoms with van der Waals surface area (Å²) in [6.07, 6.45) is 7.12. The Bertz CT molecular complexity index is 580. The van der Waals surface area contributed by atoms with E-state index in [0.717, 1.165) is 31.4 Å². The van der Waals surface area contributed by atoms with Crippen molar-refractivity contribution in [3.05, 3.63) is 34.9 Å². The highest BCUT2D eigenvalue weighted by atomic mass is 32.2. The van der Waals surface area contributed by atoms with Crippen LogP contribution in [0.1, 0.15) is 55.8 Å². The lowest BCUT2D eigenvalue weighted by Gasteiger charge is -2.26. The van der Waals surface area contributed by atoms with Crippen LogP contribution in [0.2, 0.25) is 0 Å². The van der Waals surface area contributed by atoms with Gasteiger partial charge in [-0.3, -0.25) is 0 Å². The van der Waals surface area contributed by atoms with E-state index in [2.05, 4.69) is 30.4 Å². The summed E-state index contributed by atoms with van der Waals surface area (Å²) in [5.41, 5.74) is 3.95. The highest BCUT2D eigenvalue weighted by Gasteiger charge is 2.27. The summed E-state index contributed by atoms with van der Waals surface area (Å²) in [6.45, 7) is 4.74. The molecule has 1 aliphatic carbocycles. The lowest BCUT2D eigenvalue weighted by atomic mass is 9.88. The predicted octanol–water partition coefficient (Wildman–Crippen LogP) is 3.04. The first kappa shape index (κ1) is 16.5. The van der Waals surface area contributed by atoms with E-state index in [-0.39, 0.29) is 6.04 Å². The van der Waals surface area contributed by atoms with Gasteiger partial charge in [0, 0.05) is 12.3 Å². The van der Waals surface area contributed by atoms with E-state index in [9.17, 15) is 8.42 Å². The molecule has 2 atom stereocenters. The lowest BCUT2D eigenvalue weighted by molar-refractivity contribution is 0.499. The average molecular weight is 309 g/mol. The van der Waals surface area contributed by atoms with Crippen molar-refractivity contribution in [2.75, 3.05) is 12.8 Å². The fourth-order valence-electron chi connectivity index (χ4n) is 3.05. The highest BCUT2D eigenvalue weighted by Crippen LogP contribution is 2.28. The SMILES string of the molecule is CCCNC(c1ccc2c(c1)CCCC2)C(C)S(C)(=O)=O. The quantitative estimate of drug-likeness (QED) is 0.878. The number of nitrogens with one attached hydrogen (secondary N) is 1. The number of sulfone groups is 1. The molecule has 1 aromatic rings. The van der Waals surface area contributed by atoms with Gasteiger partial charge in [0.25, 0.3) is 0 Å². The first-order chi connectivity index (χ1) is 9.93. The standard InChI is InChI=1S/C17H27NO2S/c1-4-11-18-17(13(2)21(3,19)20)16-10-9-14-7-5-6-8-15(14)12-16/h9-10,12-13,17-18H,4-8,11H2,1-3H3. The van der Waals surface area contributed by atoms with E-state index in [1.54, 1.807) is 0 Å². The smallest absolute Gasteiger partial charge is 0.151 e. The third kappa shape index (κ3) is 4.07. The Balaban J connectivity index is 2.31. The van der Waals surface area contributed by atoms with Crippen molar-refractivity contribution in [1.29, 1.82) is 0 Å². The molecule has 3 nitrogen and oxygen atoms in total. The van der Waals surface area contributed by atoms with Crippen molar-refractivity contribution in [2.24, 2.45) is 0 Å². The summed E-state index contributed by atoms with van der Waals surface area (Å²) in [5.74, 6) is 0. The molecule has 118 valence electrons. The number of aryl methyl sites for hydroxylation is 2. The Morgan fingerprint density at radius 3 is 2.48 bits per heavy atom. The largest absolute Gasteiger partial charge is 0.309 e. The zero-order chi connectivity index (χ0) is 15.5. The van der Waals surface area contributed by atoms with E-state index < -0.39 is 15.1 Å². The van der Waals surface area contributed by atoms with E-state index in [0.29, 0.717) is 0 Å². The first-order valence-electron chi connectivity index (χ1n) is 7.97. The molecule has 0 aromatic heterocycles. The second kappa shape index (κ2) is 6.93. The lowest BCUT2D eigenvalue weighted by Crippen LogP contribution is -2.35. The van der Waals surface area contributed by atoms with E-state index in [1.807, 2.05) is 6.92 Å². The summed E-state index contributed by atoms with van der Waals surface area (Å²) in [6, 6.07) is 6.41. The van der Waals surface area contributed by atoms with Gasteiger partial charge < -0.3 is 5.32 Å². The Kier molecular flexibility index (Phi) is 5.44. The van der Waals surface area contributed by atoms with E-state index in [4.69, 9.17) is 0 Å². The number of fused-ring (bicyclic) bond motifs is 1. The highest BCUT2D eigenvalue weighted by molar-refractivity contribution is 7.91. The van der Waals surface area contributed by atoms with Gasteiger partial charge >= 0.3 is 0 Å². The minimum absolute atomic E-state index is 0.118. The molecular formula is C17H27NO2S. The second-order valence-corrected chi connectivity index (χ2v) is 8.60. The molecule has 0 amide bonds. The maximum absolute atomic E-state index is 12.0. The fraction of sp³-hybridized carbons (Fsp3) is 0.647. The maximum atomic E-state index is 12.0. The van der Waals surface area contributed by atoms with Crippen LogP contribution in [0.4, 0.5) is 0 Å². The summed E-state index contributed by atoms with van der Waals surface area (Å²) in [4.78, 5) is 0. The molecule has 0 saturated carbocycles. The molecule has 0 bridgehead atoms. The van der Waals surface area contributed by atoms with Gasteiger partial charge in [-0.2, -0.15) is 0 Å². The van der Waals surface area contributed by atoms with Crippen LogP contribution >= 0.6 is 0 Å². The van der Waals surface area contributed by atoms with Crippen molar-refractivity contribution in [3.63, 3.8) is 0 Å². The van der Waals surface area contributed by atoms with Crippen LogP contribution in [0.25, 0.3) is 0 Å². The van der Waals surface area contributed by atoms with Gasteiger partial charge in [0.2, 0.25) is 0 Å². The maximum Gasteiger partial charge on any atom is 0.151 e. The van der Waals surface area contributed by atoms with Crippen LogP contribution in [0.15, 0.2) is 18.2 Å². The number of hydrogen-bond donors (Lipinski definition) is 1. The molecule has 4 heteroatoms. The van der Waals surface area contributed by atoms with Gasteiger partial charge in [-0.1, -0.05) is 25.1 Å². The molecule has 0 fully saturated rings. The minimum Gasteiger partial charge on any atom is -0.309 e. The molecule has 0 spiro atoms. The topological polar surface area (TPSA) is 46.2 Å². The third-order valence-electron chi connectivity index (χ3n) is 4.49. The van der Waals surface area contributed by atoms with Crippen molar-refractivity contribution in [3.8, 4) is 0 Å². The van der Waals surface area contributed by atoms with Gasteiger partial charge in [0.15, 0.2) is 9.84 Å². The van der Waals surface area contributed by atoms with Crippen LogP contribution in [0.5, 0.6) is 0 Å². The molecule has 1 aromatic carbocycles. The van der Waals surface area contributed by atoms with Gasteiger partial charge in [-0.25, -0.2) is 8.42 Å². The zero-order valence-electron chi connectivity index (χ0n) is 13.4. The van der Waals surface area contributed by atoms with Crippen molar-refractivity contribution >= 4 is 9.84 Å². The van der Waals surface area contributed by atoms with Gasteiger partial charge in [0.1, 0.15) is 0 Å². The summed E-state index contributed by atoms with van der Waals surface area (Å²) >= 11 is 0. The van der Waals surface area contributed by atoms with Crippen LogP contribution in [-0.2, 0) is 22.7 Å². The number of benzene rings is 1.